The summed E-state index contributed by atoms with van der Waals surface area (Å²) >= 11 is 0. The number of hydrogen-bond donors (Lipinski definition) is 4. The first-order valence-electron chi connectivity index (χ1n) is 18.3. The first-order valence-corrected chi connectivity index (χ1v) is 18.3. The lowest BCUT2D eigenvalue weighted by Crippen LogP contribution is -2.41. The van der Waals surface area contributed by atoms with E-state index in [1.807, 2.05) is 73.7 Å². The molecule has 1 aliphatic heterocycles. The smallest absolute Gasteiger partial charge is 0.324 e. The molecule has 1 saturated heterocycles. The van der Waals surface area contributed by atoms with Crippen LogP contribution in [0.15, 0.2) is 103 Å². The number of nitrogens with zero attached hydrogens (tertiary/aromatic N) is 5. The third-order valence-corrected chi connectivity index (χ3v) is 9.17. The predicted molar refractivity (Wildman–Crippen MR) is 215 cm³/mol. The average molecular weight is 740 g/mol. The minimum Gasteiger partial charge on any atom is -0.438 e. The quantitative estimate of drug-likeness (QED) is 0.105. The van der Waals surface area contributed by atoms with Crippen LogP contribution in [0.25, 0.3) is 16.5 Å². The van der Waals surface area contributed by atoms with Gasteiger partial charge in [0.05, 0.1) is 30.3 Å². The minimum absolute atomic E-state index is 0.152. The average Bonchev–Trinajstić information content (AvgIpc) is 3.61. The summed E-state index contributed by atoms with van der Waals surface area (Å²) in [6, 6.07) is 29.6. The second-order valence-electron chi connectivity index (χ2n) is 14.4. The molecule has 3 amide bonds. The van der Waals surface area contributed by atoms with Gasteiger partial charge in [-0.1, -0.05) is 68.8 Å². The maximum atomic E-state index is 13.5. The molecule has 0 radical (unpaired) electrons. The van der Waals surface area contributed by atoms with Crippen LogP contribution in [0.3, 0.4) is 0 Å². The summed E-state index contributed by atoms with van der Waals surface area (Å²) in [4.78, 5) is 37.6. The van der Waals surface area contributed by atoms with Gasteiger partial charge in [-0.25, -0.2) is 14.5 Å². The number of nitrogens with one attached hydrogen (secondary N) is 4. The summed E-state index contributed by atoms with van der Waals surface area (Å²) in [5.74, 6) is 1.58. The number of benzene rings is 4. The third kappa shape index (κ3) is 9.26. The number of fused-ring (bicyclic) bond motifs is 1. The van der Waals surface area contributed by atoms with Crippen molar-refractivity contribution in [2.75, 3.05) is 55.3 Å². The lowest BCUT2D eigenvalue weighted by molar-refractivity contribution is 0.0383. The van der Waals surface area contributed by atoms with E-state index in [2.05, 4.69) is 56.9 Å². The van der Waals surface area contributed by atoms with Crippen LogP contribution >= 0.6 is 0 Å². The van der Waals surface area contributed by atoms with Crippen molar-refractivity contribution in [2.24, 2.45) is 0 Å². The van der Waals surface area contributed by atoms with E-state index in [0.29, 0.717) is 46.9 Å². The molecule has 0 saturated carbocycles. The topological polar surface area (TPSA) is 148 Å². The molecule has 4 N–H and O–H groups in total. The largest absolute Gasteiger partial charge is 0.438 e. The number of carbonyl (C=O) groups is 2. The van der Waals surface area contributed by atoms with Gasteiger partial charge in [0.1, 0.15) is 11.6 Å². The van der Waals surface area contributed by atoms with Crippen molar-refractivity contribution in [3.8, 4) is 17.3 Å². The Morgan fingerprint density at radius 1 is 0.873 bits per heavy atom. The van der Waals surface area contributed by atoms with Crippen molar-refractivity contribution in [1.29, 1.82) is 0 Å². The molecule has 55 heavy (non-hydrogen) atoms. The van der Waals surface area contributed by atoms with Crippen LogP contribution in [0.4, 0.5) is 27.9 Å². The fraction of sp³-hybridized carbons (Fsp3) is 0.262. The fourth-order valence-electron chi connectivity index (χ4n) is 6.15. The van der Waals surface area contributed by atoms with Gasteiger partial charge in [-0.15, -0.1) is 0 Å². The van der Waals surface area contributed by atoms with Crippen LogP contribution in [0, 0.1) is 6.92 Å². The standard InChI is InChI=1S/C42H45N9O4/c1-28-12-14-31(15-13-28)51-37(27-36(49-51)42(2,3)4)47-41(53)46-34-16-17-35(33-11-6-5-10-32(33)34)55-38-18-19-44-40(48-38)45-30-9-7-8-29(26-30)39(52)43-20-21-50-22-24-54-25-23-50/h5-19,26-27H,20-25H2,1-4H3,(H,43,52)(H,44,45,48)(H2,46,47,53). The molecular formula is C42H45N9O4. The lowest BCUT2D eigenvalue weighted by atomic mass is 9.92. The molecule has 7 rings (SSSR count). The molecule has 2 aromatic heterocycles. The van der Waals surface area contributed by atoms with E-state index in [1.54, 1.807) is 41.2 Å². The number of carbonyl (C=O) groups excluding carboxylic acids is 2. The minimum atomic E-state index is -0.409. The molecule has 0 aliphatic carbocycles. The normalized spacial score (nSPS) is 13.3. The number of hydrogen-bond acceptors (Lipinski definition) is 9. The Morgan fingerprint density at radius 3 is 2.44 bits per heavy atom. The Bertz CT molecular complexity index is 2290. The second kappa shape index (κ2) is 16.4. The van der Waals surface area contributed by atoms with E-state index < -0.39 is 6.03 Å². The van der Waals surface area contributed by atoms with Crippen molar-refractivity contribution < 1.29 is 19.1 Å². The highest BCUT2D eigenvalue weighted by Gasteiger charge is 2.22. The lowest BCUT2D eigenvalue weighted by Gasteiger charge is -2.26. The summed E-state index contributed by atoms with van der Waals surface area (Å²) in [6.45, 7) is 12.8. The summed E-state index contributed by atoms with van der Waals surface area (Å²) in [5, 5.41) is 18.6. The third-order valence-electron chi connectivity index (χ3n) is 9.17. The molecule has 1 aliphatic rings. The Hall–Kier alpha value is -6.31. The summed E-state index contributed by atoms with van der Waals surface area (Å²) in [6.07, 6.45) is 1.60. The van der Waals surface area contributed by atoms with E-state index in [0.717, 1.165) is 60.6 Å². The van der Waals surface area contributed by atoms with E-state index >= 15 is 0 Å². The number of rotatable bonds is 11. The predicted octanol–water partition coefficient (Wildman–Crippen LogP) is 7.66. The van der Waals surface area contributed by atoms with E-state index in [4.69, 9.17) is 14.6 Å². The molecule has 4 aromatic carbocycles. The zero-order valence-electron chi connectivity index (χ0n) is 31.4. The van der Waals surface area contributed by atoms with Crippen molar-refractivity contribution in [2.45, 2.75) is 33.1 Å². The number of aryl methyl sites for hydroxylation is 1. The van der Waals surface area contributed by atoms with Gasteiger partial charge in [0.2, 0.25) is 11.8 Å². The molecule has 13 nitrogen and oxygen atoms in total. The van der Waals surface area contributed by atoms with Gasteiger partial charge in [-0.3, -0.25) is 15.0 Å². The maximum Gasteiger partial charge on any atom is 0.324 e. The van der Waals surface area contributed by atoms with Gasteiger partial charge in [-0.05, 0) is 49.4 Å². The van der Waals surface area contributed by atoms with Crippen LogP contribution in [0.1, 0.15) is 42.4 Å². The second-order valence-corrected chi connectivity index (χ2v) is 14.4. The first kappa shape index (κ1) is 37.0. The SMILES string of the molecule is Cc1ccc(-n2nc(C(C)(C)C)cc2NC(=O)Nc2ccc(Oc3ccnc(Nc4cccc(C(=O)NCCN5CCOCC5)c4)n3)c3ccccc23)cc1. The number of aromatic nitrogens is 4. The number of urea groups is 1. The van der Waals surface area contributed by atoms with E-state index in [1.165, 1.54) is 0 Å². The van der Waals surface area contributed by atoms with Gasteiger partial charge in [-0.2, -0.15) is 10.1 Å². The van der Waals surface area contributed by atoms with Gasteiger partial charge >= 0.3 is 6.03 Å². The van der Waals surface area contributed by atoms with Crippen LogP contribution in [-0.2, 0) is 10.2 Å². The zero-order valence-corrected chi connectivity index (χ0v) is 31.4. The Kier molecular flexibility index (Phi) is 11.0. The summed E-state index contributed by atoms with van der Waals surface area (Å²) in [7, 11) is 0. The Labute approximate surface area is 320 Å². The van der Waals surface area contributed by atoms with E-state index in [-0.39, 0.29) is 11.3 Å². The van der Waals surface area contributed by atoms with E-state index in [9.17, 15) is 9.59 Å². The van der Waals surface area contributed by atoms with Crippen LogP contribution in [0.5, 0.6) is 11.6 Å². The molecule has 0 atom stereocenters. The Morgan fingerprint density at radius 2 is 1.65 bits per heavy atom. The first-order chi connectivity index (χ1) is 26.6. The number of ether oxygens (including phenoxy) is 2. The molecule has 13 heteroatoms. The molecule has 282 valence electrons. The number of amides is 3. The molecule has 0 bridgehead atoms. The monoisotopic (exact) mass is 739 g/mol. The van der Waals surface area contributed by atoms with Crippen molar-refractivity contribution in [1.82, 2.24) is 30.0 Å². The summed E-state index contributed by atoms with van der Waals surface area (Å²) < 4.78 is 13.4. The molecule has 1 fully saturated rings. The Balaban J connectivity index is 1.03. The molecule has 6 aromatic rings. The molecule has 0 spiro atoms. The van der Waals surface area contributed by atoms with Crippen LogP contribution in [-0.4, -0.2) is 76.0 Å². The molecule has 3 heterocycles. The number of morpholine rings is 1. The highest BCUT2D eigenvalue weighted by atomic mass is 16.5. The fourth-order valence-corrected chi connectivity index (χ4v) is 6.15. The number of anilines is 4. The van der Waals surface area contributed by atoms with Crippen molar-refractivity contribution >= 4 is 45.9 Å². The van der Waals surface area contributed by atoms with Gasteiger partial charge < -0.3 is 25.4 Å². The zero-order chi connectivity index (χ0) is 38.4. The molecular weight excluding hydrogens is 695 g/mol. The van der Waals surface area contributed by atoms with Crippen molar-refractivity contribution in [3.05, 3.63) is 120 Å². The van der Waals surface area contributed by atoms with Crippen LogP contribution in [0.2, 0.25) is 0 Å². The van der Waals surface area contributed by atoms with Crippen molar-refractivity contribution in [3.63, 3.8) is 0 Å². The highest BCUT2D eigenvalue weighted by molar-refractivity contribution is 6.07. The van der Waals surface area contributed by atoms with Gasteiger partial charge in [0, 0.05) is 71.9 Å². The van der Waals surface area contributed by atoms with Crippen LogP contribution < -0.4 is 26.0 Å². The summed E-state index contributed by atoms with van der Waals surface area (Å²) in [5.41, 5.74) is 4.40. The highest BCUT2D eigenvalue weighted by Crippen LogP contribution is 2.35. The van der Waals surface area contributed by atoms with Gasteiger partial charge in [0.25, 0.3) is 5.91 Å². The van der Waals surface area contributed by atoms with Gasteiger partial charge in [0.15, 0.2) is 0 Å². The maximum absolute atomic E-state index is 13.5. The molecule has 0 unspecified atom stereocenters.